The Hall–Kier alpha value is -0.960. The molecule has 0 N–H and O–H groups in total. The molecule has 0 spiro atoms. The van der Waals surface area contributed by atoms with Crippen LogP contribution in [-0.2, 0) is 20.3 Å². The summed E-state index contributed by atoms with van der Waals surface area (Å²) in [7, 11) is 2.96. The predicted octanol–water partition coefficient (Wildman–Crippen LogP) is 2.59. The fraction of sp³-hybridized carbons (Fsp3) is 0.333. The number of hydrogen-bond acceptors (Lipinski definition) is 5. The van der Waals surface area contributed by atoms with Crippen LogP contribution in [0, 0.1) is 6.92 Å². The van der Waals surface area contributed by atoms with E-state index in [9.17, 15) is 8.42 Å². The molecular weight excluding hydrogens is 382 g/mol. The van der Waals surface area contributed by atoms with Gasteiger partial charge in [-0.2, -0.15) is 0 Å². The molecule has 0 radical (unpaired) electrons. The number of aryl methyl sites for hydroxylation is 1. The van der Waals surface area contributed by atoms with Crippen LogP contribution >= 0.6 is 26.6 Å². The number of rotatable bonds is 5. The lowest BCUT2D eigenvalue weighted by Crippen LogP contribution is -2.11. The average Bonchev–Trinajstić information content (AvgIpc) is 2.78. The van der Waals surface area contributed by atoms with Gasteiger partial charge in [0.1, 0.15) is 0 Å². The van der Waals surface area contributed by atoms with E-state index in [1.54, 1.807) is 0 Å². The Morgan fingerprint density at radius 1 is 1.33 bits per heavy atom. The van der Waals surface area contributed by atoms with Gasteiger partial charge in [-0.05, 0) is 30.7 Å². The first-order valence-electron chi connectivity index (χ1n) is 5.97. The minimum Gasteiger partial charge on any atom is -0.383 e. The van der Waals surface area contributed by atoms with Gasteiger partial charge in [0.25, 0.3) is 14.2 Å². The van der Waals surface area contributed by atoms with Gasteiger partial charge in [-0.3, -0.25) is 4.57 Å². The normalized spacial score (nSPS) is 11.8. The van der Waals surface area contributed by atoms with Gasteiger partial charge in [-0.25, -0.2) is 8.42 Å². The maximum Gasteiger partial charge on any atom is 0.296 e. The number of aromatic nitrogens is 3. The van der Waals surface area contributed by atoms with Crippen molar-refractivity contribution in [3.05, 3.63) is 28.2 Å². The molecule has 6 nitrogen and oxygen atoms in total. The van der Waals surface area contributed by atoms with E-state index in [1.165, 1.54) is 11.7 Å². The standard InChI is InChI=1S/C12H13BrClN3O3S/c1-8-5-9(7-10(13)6-8)11-15-16-12(21(14,18)19)17(11)3-4-20-2/h5-7H,3-4H2,1-2H3. The number of ether oxygens (including phenoxy) is 1. The van der Waals surface area contributed by atoms with Crippen LogP contribution in [-0.4, -0.2) is 36.9 Å². The molecule has 2 rings (SSSR count). The molecular formula is C12H13BrClN3O3S. The first-order valence-corrected chi connectivity index (χ1v) is 9.07. The van der Waals surface area contributed by atoms with Crippen LogP contribution in [0.5, 0.6) is 0 Å². The number of halogens is 2. The van der Waals surface area contributed by atoms with Gasteiger partial charge >= 0.3 is 0 Å². The smallest absolute Gasteiger partial charge is 0.296 e. The van der Waals surface area contributed by atoms with Crippen molar-refractivity contribution < 1.29 is 13.2 Å². The molecule has 0 unspecified atom stereocenters. The van der Waals surface area contributed by atoms with Crippen molar-refractivity contribution in [1.82, 2.24) is 14.8 Å². The van der Waals surface area contributed by atoms with E-state index in [-0.39, 0.29) is 11.7 Å². The van der Waals surface area contributed by atoms with E-state index in [0.717, 1.165) is 15.6 Å². The lowest BCUT2D eigenvalue weighted by molar-refractivity contribution is 0.185. The first-order chi connectivity index (χ1) is 9.82. The fourth-order valence-corrected chi connectivity index (χ4v) is 3.46. The molecule has 0 atom stereocenters. The van der Waals surface area contributed by atoms with Gasteiger partial charge < -0.3 is 4.74 Å². The highest BCUT2D eigenvalue weighted by molar-refractivity contribution is 9.10. The zero-order valence-electron chi connectivity index (χ0n) is 11.4. The second-order valence-corrected chi connectivity index (χ2v) is 7.78. The molecule has 0 saturated carbocycles. The van der Waals surface area contributed by atoms with Crippen LogP contribution in [0.2, 0.25) is 0 Å². The Labute approximate surface area is 135 Å². The topological polar surface area (TPSA) is 74.1 Å². The molecule has 0 aliphatic heterocycles. The summed E-state index contributed by atoms with van der Waals surface area (Å²) in [6.07, 6.45) is 0. The van der Waals surface area contributed by atoms with Crippen molar-refractivity contribution in [2.75, 3.05) is 13.7 Å². The van der Waals surface area contributed by atoms with Gasteiger partial charge in [0.05, 0.1) is 13.2 Å². The quantitative estimate of drug-likeness (QED) is 0.729. The molecule has 2 aromatic rings. The molecule has 1 aromatic heterocycles. The Morgan fingerprint density at radius 2 is 2.05 bits per heavy atom. The molecule has 1 aromatic carbocycles. The maximum atomic E-state index is 11.6. The SMILES string of the molecule is COCCn1c(-c2cc(C)cc(Br)c2)nnc1S(=O)(=O)Cl. The van der Waals surface area contributed by atoms with Crippen LogP contribution < -0.4 is 0 Å². The van der Waals surface area contributed by atoms with E-state index < -0.39 is 9.05 Å². The van der Waals surface area contributed by atoms with Crippen molar-refractivity contribution in [3.8, 4) is 11.4 Å². The number of benzene rings is 1. The summed E-state index contributed by atoms with van der Waals surface area (Å²) in [6, 6.07) is 5.67. The predicted molar refractivity (Wildman–Crippen MR) is 82.8 cm³/mol. The molecule has 0 bridgehead atoms. The van der Waals surface area contributed by atoms with Crippen LogP contribution in [0.25, 0.3) is 11.4 Å². The van der Waals surface area contributed by atoms with Gasteiger partial charge in [0, 0.05) is 27.8 Å². The molecule has 0 fully saturated rings. The average molecular weight is 395 g/mol. The van der Waals surface area contributed by atoms with Crippen molar-refractivity contribution in [2.45, 2.75) is 18.6 Å². The summed E-state index contributed by atoms with van der Waals surface area (Å²) in [4.78, 5) is 0. The minimum absolute atomic E-state index is 0.283. The summed E-state index contributed by atoms with van der Waals surface area (Å²) in [5.41, 5.74) is 1.76. The van der Waals surface area contributed by atoms with Gasteiger partial charge in [-0.1, -0.05) is 15.9 Å². The highest BCUT2D eigenvalue weighted by atomic mass is 79.9. The Kier molecular flexibility index (Phi) is 5.03. The molecule has 1 heterocycles. The number of nitrogens with zero attached hydrogens (tertiary/aromatic N) is 3. The summed E-state index contributed by atoms with van der Waals surface area (Å²) in [6.45, 7) is 2.53. The Morgan fingerprint density at radius 3 is 2.62 bits per heavy atom. The summed E-state index contributed by atoms with van der Waals surface area (Å²) in [5, 5.41) is 7.38. The third kappa shape index (κ3) is 3.82. The molecule has 0 amide bonds. The van der Waals surface area contributed by atoms with E-state index in [2.05, 4.69) is 26.1 Å². The number of hydrogen-bond donors (Lipinski definition) is 0. The molecule has 0 aliphatic carbocycles. The van der Waals surface area contributed by atoms with Crippen LogP contribution in [0.4, 0.5) is 0 Å². The third-order valence-electron chi connectivity index (χ3n) is 2.75. The highest BCUT2D eigenvalue weighted by Gasteiger charge is 2.23. The van der Waals surface area contributed by atoms with Crippen LogP contribution in [0.3, 0.4) is 0 Å². The summed E-state index contributed by atoms with van der Waals surface area (Å²) < 4.78 is 30.5. The molecule has 114 valence electrons. The zero-order chi connectivity index (χ0) is 15.6. The lowest BCUT2D eigenvalue weighted by Gasteiger charge is -2.09. The van der Waals surface area contributed by atoms with Crippen LogP contribution in [0.1, 0.15) is 5.56 Å². The van der Waals surface area contributed by atoms with Gasteiger partial charge in [0.2, 0.25) is 0 Å². The third-order valence-corrected chi connectivity index (χ3v) is 4.36. The van der Waals surface area contributed by atoms with Gasteiger partial charge in [0.15, 0.2) is 5.82 Å². The second kappa shape index (κ2) is 6.43. The maximum absolute atomic E-state index is 11.6. The Bertz CT molecular complexity index is 741. The van der Waals surface area contributed by atoms with Crippen molar-refractivity contribution in [2.24, 2.45) is 0 Å². The van der Waals surface area contributed by atoms with E-state index in [0.29, 0.717) is 12.4 Å². The minimum atomic E-state index is -3.98. The fourth-order valence-electron chi connectivity index (χ4n) is 1.93. The summed E-state index contributed by atoms with van der Waals surface area (Å²) >= 11 is 3.41. The number of methoxy groups -OCH3 is 1. The highest BCUT2D eigenvalue weighted by Crippen LogP contribution is 2.26. The van der Waals surface area contributed by atoms with E-state index >= 15 is 0 Å². The van der Waals surface area contributed by atoms with Crippen molar-refractivity contribution in [3.63, 3.8) is 0 Å². The second-order valence-electron chi connectivity index (χ2n) is 4.41. The Balaban J connectivity index is 2.60. The van der Waals surface area contributed by atoms with Crippen molar-refractivity contribution in [1.29, 1.82) is 0 Å². The van der Waals surface area contributed by atoms with Gasteiger partial charge in [-0.15, -0.1) is 10.2 Å². The molecule has 0 saturated heterocycles. The largest absolute Gasteiger partial charge is 0.383 e. The molecule has 21 heavy (non-hydrogen) atoms. The van der Waals surface area contributed by atoms with E-state index in [1.807, 2.05) is 25.1 Å². The van der Waals surface area contributed by atoms with Crippen LogP contribution in [0.15, 0.2) is 27.8 Å². The first kappa shape index (κ1) is 16.4. The van der Waals surface area contributed by atoms with E-state index in [4.69, 9.17) is 15.4 Å². The monoisotopic (exact) mass is 393 g/mol. The molecule has 0 aliphatic rings. The zero-order valence-corrected chi connectivity index (χ0v) is 14.5. The molecule has 9 heteroatoms. The lowest BCUT2D eigenvalue weighted by atomic mass is 10.1. The summed E-state index contributed by atoms with van der Waals surface area (Å²) in [5.74, 6) is 0.427. The van der Waals surface area contributed by atoms with Crippen molar-refractivity contribution >= 4 is 35.7 Å².